The second-order valence-corrected chi connectivity index (χ2v) is 6.84. The maximum absolute atomic E-state index is 12.0. The highest BCUT2D eigenvalue weighted by Gasteiger charge is 2.19. The average molecular weight is 350 g/mol. The van der Waals surface area contributed by atoms with Gasteiger partial charge in [-0.2, -0.15) is 0 Å². The van der Waals surface area contributed by atoms with Gasteiger partial charge in [0.1, 0.15) is 0 Å². The lowest BCUT2D eigenvalue weighted by Crippen LogP contribution is -2.15. The van der Waals surface area contributed by atoms with E-state index in [0.29, 0.717) is 6.54 Å². The number of hydrogen-bond acceptors (Lipinski definition) is 2. The first kappa shape index (κ1) is 20.1. The quantitative estimate of drug-likeness (QED) is 0.389. The van der Waals surface area contributed by atoms with Crippen molar-refractivity contribution in [2.24, 2.45) is 4.99 Å². The Hall–Kier alpha value is -2.22. The summed E-state index contributed by atoms with van der Waals surface area (Å²) in [6.07, 6.45) is 10.3. The maximum Gasteiger partial charge on any atom is 0.157 e. The molecule has 0 unspecified atom stereocenters. The zero-order chi connectivity index (χ0) is 18.9. The smallest absolute Gasteiger partial charge is 0.157 e. The summed E-state index contributed by atoms with van der Waals surface area (Å²) >= 11 is 0. The molecule has 2 rings (SSSR count). The highest BCUT2D eigenvalue weighted by molar-refractivity contribution is 6.12. The molecule has 0 fully saturated rings. The number of dihydropyridines is 1. The lowest BCUT2D eigenvalue weighted by Gasteiger charge is -2.21. The van der Waals surface area contributed by atoms with E-state index in [1.165, 1.54) is 29.5 Å². The predicted octanol–water partition coefficient (Wildman–Crippen LogP) is 6.13. The molecule has 2 nitrogen and oxygen atoms in total. The third-order valence-corrected chi connectivity index (χ3v) is 4.94. The van der Waals surface area contributed by atoms with Crippen molar-refractivity contribution in [1.29, 1.82) is 0 Å². The number of aliphatic imine (C=N–C) groups is 1. The number of aryl methyl sites for hydroxylation is 1. The fourth-order valence-electron chi connectivity index (χ4n) is 3.43. The first-order valence-corrected chi connectivity index (χ1v) is 9.79. The molecule has 0 spiro atoms. The van der Waals surface area contributed by atoms with E-state index >= 15 is 0 Å². The Kier molecular flexibility index (Phi) is 7.77. The lowest BCUT2D eigenvalue weighted by atomic mass is 9.86. The van der Waals surface area contributed by atoms with Crippen LogP contribution in [0.5, 0.6) is 0 Å². The molecule has 1 aromatic rings. The largest absolute Gasteiger partial charge is 0.295 e. The zero-order valence-electron chi connectivity index (χ0n) is 16.5. The molecule has 0 N–H and O–H groups in total. The number of ketones is 1. The topological polar surface area (TPSA) is 29.4 Å². The second-order valence-electron chi connectivity index (χ2n) is 6.84. The van der Waals surface area contributed by atoms with Crippen molar-refractivity contribution < 1.29 is 4.79 Å². The number of nitrogens with zero attached hydrogens (tertiary/aromatic N) is 1. The van der Waals surface area contributed by atoms with E-state index in [2.05, 4.69) is 50.8 Å². The number of rotatable bonds is 9. The van der Waals surface area contributed by atoms with Crippen molar-refractivity contribution in [2.75, 3.05) is 6.54 Å². The van der Waals surface area contributed by atoms with E-state index in [1.807, 2.05) is 6.08 Å². The van der Waals surface area contributed by atoms with Gasteiger partial charge in [0.15, 0.2) is 5.78 Å². The molecule has 0 saturated heterocycles. The van der Waals surface area contributed by atoms with Crippen molar-refractivity contribution in [3.8, 4) is 0 Å². The van der Waals surface area contributed by atoms with Gasteiger partial charge in [0.2, 0.25) is 0 Å². The standard InChI is InChI=1S/C24H31NO/c1-5-8-9-15-24-23(16-20(17-25-24)18(4)26)22(12-6-2)21-14-11-10-13-19(21)7-3/h6,10-11,13-14,16H,2,5,7-9,12,15,17H2,1,3-4H3/b23-22+. The van der Waals surface area contributed by atoms with E-state index in [4.69, 9.17) is 4.99 Å². The van der Waals surface area contributed by atoms with Gasteiger partial charge in [-0.15, -0.1) is 6.58 Å². The summed E-state index contributed by atoms with van der Waals surface area (Å²) in [6, 6.07) is 8.55. The van der Waals surface area contributed by atoms with Crippen LogP contribution in [0.3, 0.4) is 0 Å². The van der Waals surface area contributed by atoms with Gasteiger partial charge < -0.3 is 0 Å². The summed E-state index contributed by atoms with van der Waals surface area (Å²) in [5.74, 6) is 0.112. The van der Waals surface area contributed by atoms with Crippen LogP contribution in [0, 0.1) is 0 Å². The third-order valence-electron chi connectivity index (χ3n) is 4.94. The summed E-state index contributed by atoms with van der Waals surface area (Å²) < 4.78 is 0. The molecular formula is C24H31NO. The molecule has 2 heteroatoms. The number of Topliss-reactive ketones (excluding diaryl/α,β-unsaturated/α-hetero) is 1. The van der Waals surface area contributed by atoms with Crippen LogP contribution < -0.4 is 0 Å². The highest BCUT2D eigenvalue weighted by atomic mass is 16.1. The van der Waals surface area contributed by atoms with E-state index in [1.54, 1.807) is 6.92 Å². The van der Waals surface area contributed by atoms with Crippen molar-refractivity contribution in [3.63, 3.8) is 0 Å². The van der Waals surface area contributed by atoms with Crippen LogP contribution >= 0.6 is 0 Å². The van der Waals surface area contributed by atoms with Crippen LogP contribution in [-0.2, 0) is 11.2 Å². The molecule has 0 aromatic heterocycles. The van der Waals surface area contributed by atoms with Crippen LogP contribution in [0.15, 0.2) is 59.1 Å². The SMILES string of the molecule is C=CC/C(=C1/C=C(C(C)=O)CN=C1CCCCC)c1ccccc1CC. The monoisotopic (exact) mass is 349 g/mol. The van der Waals surface area contributed by atoms with Crippen molar-refractivity contribution in [1.82, 2.24) is 0 Å². The first-order valence-electron chi connectivity index (χ1n) is 9.79. The summed E-state index contributed by atoms with van der Waals surface area (Å²) in [5.41, 5.74) is 6.91. The van der Waals surface area contributed by atoms with Crippen molar-refractivity contribution in [2.45, 2.75) is 59.3 Å². The van der Waals surface area contributed by atoms with Gasteiger partial charge in [-0.25, -0.2) is 0 Å². The molecule has 0 saturated carbocycles. The van der Waals surface area contributed by atoms with Gasteiger partial charge in [-0.1, -0.05) is 57.0 Å². The van der Waals surface area contributed by atoms with E-state index in [-0.39, 0.29) is 5.78 Å². The Morgan fingerprint density at radius 2 is 2.00 bits per heavy atom. The van der Waals surface area contributed by atoms with E-state index in [0.717, 1.165) is 42.5 Å². The Bertz CT molecular complexity index is 749. The fraction of sp³-hybridized carbons (Fsp3) is 0.417. The molecule has 0 atom stereocenters. The number of hydrogen-bond donors (Lipinski definition) is 0. The van der Waals surface area contributed by atoms with Crippen LogP contribution in [0.1, 0.15) is 64.0 Å². The van der Waals surface area contributed by atoms with Crippen molar-refractivity contribution >= 4 is 17.1 Å². The van der Waals surface area contributed by atoms with Gasteiger partial charge in [0, 0.05) is 16.9 Å². The van der Waals surface area contributed by atoms with E-state index in [9.17, 15) is 4.79 Å². The Balaban J connectivity index is 2.59. The molecule has 1 heterocycles. The molecule has 0 radical (unpaired) electrons. The minimum Gasteiger partial charge on any atom is -0.295 e. The number of allylic oxidation sites excluding steroid dienone is 4. The highest BCUT2D eigenvalue weighted by Crippen LogP contribution is 2.31. The molecule has 1 aromatic carbocycles. The summed E-state index contributed by atoms with van der Waals surface area (Å²) in [5, 5.41) is 0. The Labute approximate surface area is 158 Å². The molecular weight excluding hydrogens is 318 g/mol. The van der Waals surface area contributed by atoms with Gasteiger partial charge in [-0.05, 0) is 55.4 Å². The molecule has 0 amide bonds. The number of unbranched alkanes of at least 4 members (excludes halogenated alkanes) is 2. The normalized spacial score (nSPS) is 16.0. The molecule has 1 aliphatic heterocycles. The predicted molar refractivity (Wildman–Crippen MR) is 113 cm³/mol. The first-order chi connectivity index (χ1) is 12.6. The van der Waals surface area contributed by atoms with Crippen LogP contribution in [0.25, 0.3) is 5.57 Å². The lowest BCUT2D eigenvalue weighted by molar-refractivity contribution is -0.113. The molecule has 0 aliphatic carbocycles. The second kappa shape index (κ2) is 10.1. The van der Waals surface area contributed by atoms with Crippen LogP contribution in [0.4, 0.5) is 0 Å². The van der Waals surface area contributed by atoms with Crippen LogP contribution in [-0.4, -0.2) is 18.0 Å². The average Bonchev–Trinajstić information content (AvgIpc) is 2.66. The van der Waals surface area contributed by atoms with Gasteiger partial charge in [0.25, 0.3) is 0 Å². The number of benzene rings is 1. The summed E-state index contributed by atoms with van der Waals surface area (Å²) in [7, 11) is 0. The minimum absolute atomic E-state index is 0.112. The molecule has 1 aliphatic rings. The molecule has 138 valence electrons. The van der Waals surface area contributed by atoms with E-state index < -0.39 is 0 Å². The van der Waals surface area contributed by atoms with Crippen molar-refractivity contribution in [3.05, 3.63) is 65.3 Å². The minimum atomic E-state index is 0.112. The summed E-state index contributed by atoms with van der Waals surface area (Å²) in [6.45, 7) is 10.5. The summed E-state index contributed by atoms with van der Waals surface area (Å²) in [4.78, 5) is 16.8. The Morgan fingerprint density at radius 3 is 2.65 bits per heavy atom. The number of carbonyl (C=O) groups excluding carboxylic acids is 1. The Morgan fingerprint density at radius 1 is 1.23 bits per heavy atom. The zero-order valence-corrected chi connectivity index (χ0v) is 16.5. The van der Waals surface area contributed by atoms with Gasteiger partial charge >= 0.3 is 0 Å². The van der Waals surface area contributed by atoms with Gasteiger partial charge in [0.05, 0.1) is 6.54 Å². The fourth-order valence-corrected chi connectivity index (χ4v) is 3.43. The molecule has 0 bridgehead atoms. The number of carbonyl (C=O) groups is 1. The van der Waals surface area contributed by atoms with Crippen LogP contribution in [0.2, 0.25) is 0 Å². The maximum atomic E-state index is 12.0. The third kappa shape index (κ3) is 4.91. The molecule has 26 heavy (non-hydrogen) atoms. The van der Waals surface area contributed by atoms with Gasteiger partial charge in [-0.3, -0.25) is 9.79 Å².